The summed E-state index contributed by atoms with van der Waals surface area (Å²) in [4.78, 5) is 14.9. The van der Waals surface area contributed by atoms with Gasteiger partial charge in [-0.1, -0.05) is 12.1 Å². The molecule has 1 aliphatic rings. The molecule has 4 heteroatoms. The summed E-state index contributed by atoms with van der Waals surface area (Å²) in [5.41, 5.74) is 3.79. The van der Waals surface area contributed by atoms with E-state index in [1.54, 1.807) is 12.1 Å². The number of pyridine rings is 1. The van der Waals surface area contributed by atoms with Gasteiger partial charge < -0.3 is 10.4 Å². The molecular weight excluding hydrogens is 240 g/mol. The Labute approximate surface area is 111 Å². The lowest BCUT2D eigenvalue weighted by atomic mass is 10.1. The van der Waals surface area contributed by atoms with Crippen molar-refractivity contribution in [1.29, 1.82) is 0 Å². The van der Waals surface area contributed by atoms with Crippen LogP contribution in [0.5, 0.6) is 0 Å². The van der Waals surface area contributed by atoms with Gasteiger partial charge in [0.15, 0.2) is 5.69 Å². The molecule has 1 heterocycles. The second-order valence-corrected chi connectivity index (χ2v) is 4.68. The van der Waals surface area contributed by atoms with Gasteiger partial charge in [-0.3, -0.25) is 0 Å². The number of aromatic carboxylic acids is 1. The lowest BCUT2D eigenvalue weighted by molar-refractivity contribution is 0.0690. The van der Waals surface area contributed by atoms with E-state index in [4.69, 9.17) is 5.11 Å². The predicted octanol–water partition coefficient (Wildman–Crippen LogP) is 3.01. The Balaban J connectivity index is 1.85. The van der Waals surface area contributed by atoms with Crippen LogP contribution in [0.4, 0.5) is 11.5 Å². The summed E-state index contributed by atoms with van der Waals surface area (Å²) in [5, 5.41) is 12.1. The molecule has 1 aromatic carbocycles. The first-order chi connectivity index (χ1) is 9.22. The van der Waals surface area contributed by atoms with Crippen molar-refractivity contribution in [1.82, 2.24) is 4.98 Å². The highest BCUT2D eigenvalue weighted by molar-refractivity contribution is 5.85. The summed E-state index contributed by atoms with van der Waals surface area (Å²) in [5.74, 6) is -0.463. The van der Waals surface area contributed by atoms with E-state index in [2.05, 4.69) is 22.4 Å². The molecule has 19 heavy (non-hydrogen) atoms. The van der Waals surface area contributed by atoms with Crippen LogP contribution < -0.4 is 5.32 Å². The Hall–Kier alpha value is -2.36. The Bertz CT molecular complexity index is 638. The number of hydrogen-bond acceptors (Lipinski definition) is 3. The van der Waals surface area contributed by atoms with Crippen LogP contribution in [-0.4, -0.2) is 16.1 Å². The van der Waals surface area contributed by atoms with Crippen LogP contribution in [0.2, 0.25) is 0 Å². The molecule has 0 saturated heterocycles. The highest BCUT2D eigenvalue weighted by Crippen LogP contribution is 2.26. The molecule has 0 saturated carbocycles. The maximum absolute atomic E-state index is 10.9. The molecule has 3 rings (SSSR count). The maximum Gasteiger partial charge on any atom is 0.354 e. The van der Waals surface area contributed by atoms with Crippen LogP contribution in [0.15, 0.2) is 36.4 Å². The fourth-order valence-electron chi connectivity index (χ4n) is 2.42. The number of carboxylic acid groups (broad SMARTS) is 1. The minimum Gasteiger partial charge on any atom is -0.477 e. The molecule has 0 bridgehead atoms. The average Bonchev–Trinajstić information content (AvgIpc) is 2.86. The van der Waals surface area contributed by atoms with E-state index in [1.165, 1.54) is 23.6 Å². The van der Waals surface area contributed by atoms with Gasteiger partial charge in [0.25, 0.3) is 0 Å². The van der Waals surface area contributed by atoms with E-state index >= 15 is 0 Å². The molecular formula is C15H14N2O2. The minimum atomic E-state index is -1.02. The highest BCUT2D eigenvalue weighted by Gasteiger charge is 2.11. The van der Waals surface area contributed by atoms with Gasteiger partial charge in [0.2, 0.25) is 0 Å². The number of aryl methyl sites for hydroxylation is 2. The van der Waals surface area contributed by atoms with Gasteiger partial charge in [0.05, 0.1) is 0 Å². The number of aromatic nitrogens is 1. The van der Waals surface area contributed by atoms with Crippen LogP contribution >= 0.6 is 0 Å². The Morgan fingerprint density at radius 1 is 1.16 bits per heavy atom. The Kier molecular flexibility index (Phi) is 2.91. The topological polar surface area (TPSA) is 62.2 Å². The first kappa shape index (κ1) is 11.7. The first-order valence-electron chi connectivity index (χ1n) is 6.31. The van der Waals surface area contributed by atoms with Crippen molar-refractivity contribution >= 4 is 17.5 Å². The highest BCUT2D eigenvalue weighted by atomic mass is 16.4. The van der Waals surface area contributed by atoms with Gasteiger partial charge >= 0.3 is 5.97 Å². The van der Waals surface area contributed by atoms with Gasteiger partial charge in [-0.05, 0) is 54.7 Å². The van der Waals surface area contributed by atoms with Crippen molar-refractivity contribution in [2.24, 2.45) is 0 Å². The fourth-order valence-corrected chi connectivity index (χ4v) is 2.42. The summed E-state index contributed by atoms with van der Waals surface area (Å²) in [6.07, 6.45) is 3.49. The summed E-state index contributed by atoms with van der Waals surface area (Å²) in [7, 11) is 0. The summed E-state index contributed by atoms with van der Waals surface area (Å²) in [6, 6.07) is 11.2. The Morgan fingerprint density at radius 2 is 2.00 bits per heavy atom. The number of benzene rings is 1. The number of nitrogens with one attached hydrogen (secondary N) is 1. The SMILES string of the molecule is O=C(O)c1cccc(Nc2ccc3c(c2)CCC3)n1. The molecule has 0 radical (unpaired) electrons. The third-order valence-corrected chi connectivity index (χ3v) is 3.34. The minimum absolute atomic E-state index is 0.0474. The number of fused-ring (bicyclic) bond motifs is 1. The lowest BCUT2D eigenvalue weighted by Gasteiger charge is -2.08. The first-order valence-corrected chi connectivity index (χ1v) is 6.31. The largest absolute Gasteiger partial charge is 0.477 e. The van der Waals surface area contributed by atoms with Crippen LogP contribution in [0.3, 0.4) is 0 Å². The molecule has 2 N–H and O–H groups in total. The van der Waals surface area contributed by atoms with Gasteiger partial charge in [-0.2, -0.15) is 0 Å². The van der Waals surface area contributed by atoms with Crippen molar-refractivity contribution in [2.45, 2.75) is 19.3 Å². The molecule has 2 aromatic rings. The van der Waals surface area contributed by atoms with Crippen molar-refractivity contribution in [3.63, 3.8) is 0 Å². The van der Waals surface area contributed by atoms with Gasteiger partial charge in [-0.25, -0.2) is 9.78 Å². The molecule has 0 unspecified atom stereocenters. The molecule has 0 fully saturated rings. The van der Waals surface area contributed by atoms with Crippen LogP contribution in [0, 0.1) is 0 Å². The molecule has 0 spiro atoms. The van der Waals surface area contributed by atoms with Gasteiger partial charge in [0, 0.05) is 5.69 Å². The number of hydrogen-bond donors (Lipinski definition) is 2. The van der Waals surface area contributed by atoms with E-state index in [1.807, 2.05) is 6.07 Å². The average molecular weight is 254 g/mol. The van der Waals surface area contributed by atoms with Crippen LogP contribution in [0.1, 0.15) is 28.0 Å². The standard InChI is InChI=1S/C15H14N2O2/c18-15(19)13-5-2-6-14(17-13)16-12-8-7-10-3-1-4-11(10)9-12/h2,5-9H,1,3-4H2,(H,16,17)(H,18,19). The van der Waals surface area contributed by atoms with Crippen molar-refractivity contribution in [3.05, 3.63) is 53.2 Å². The molecule has 4 nitrogen and oxygen atoms in total. The van der Waals surface area contributed by atoms with Gasteiger partial charge in [-0.15, -0.1) is 0 Å². The normalized spacial score (nSPS) is 13.1. The van der Waals surface area contributed by atoms with Crippen LogP contribution in [0.25, 0.3) is 0 Å². The zero-order chi connectivity index (χ0) is 13.2. The quantitative estimate of drug-likeness (QED) is 0.883. The predicted molar refractivity (Wildman–Crippen MR) is 72.9 cm³/mol. The molecule has 96 valence electrons. The van der Waals surface area contributed by atoms with Crippen molar-refractivity contribution in [2.75, 3.05) is 5.32 Å². The zero-order valence-corrected chi connectivity index (χ0v) is 10.4. The van der Waals surface area contributed by atoms with E-state index < -0.39 is 5.97 Å². The molecule has 1 aliphatic carbocycles. The number of rotatable bonds is 3. The number of nitrogens with zero attached hydrogens (tertiary/aromatic N) is 1. The fraction of sp³-hybridized carbons (Fsp3) is 0.200. The maximum atomic E-state index is 10.9. The zero-order valence-electron chi connectivity index (χ0n) is 10.4. The number of carbonyl (C=O) groups is 1. The molecule has 0 aliphatic heterocycles. The van der Waals surface area contributed by atoms with Crippen molar-refractivity contribution < 1.29 is 9.90 Å². The third-order valence-electron chi connectivity index (χ3n) is 3.34. The van der Waals surface area contributed by atoms with E-state index in [-0.39, 0.29) is 5.69 Å². The van der Waals surface area contributed by atoms with E-state index in [0.717, 1.165) is 18.5 Å². The second kappa shape index (κ2) is 4.72. The molecule has 0 atom stereocenters. The number of anilines is 2. The Morgan fingerprint density at radius 3 is 2.84 bits per heavy atom. The monoisotopic (exact) mass is 254 g/mol. The summed E-state index contributed by atoms with van der Waals surface area (Å²) >= 11 is 0. The van der Waals surface area contributed by atoms with Crippen LogP contribution in [-0.2, 0) is 12.8 Å². The van der Waals surface area contributed by atoms with E-state index in [9.17, 15) is 4.79 Å². The molecule has 0 amide bonds. The summed E-state index contributed by atoms with van der Waals surface area (Å²) in [6.45, 7) is 0. The number of carboxylic acids is 1. The molecule has 1 aromatic heterocycles. The smallest absolute Gasteiger partial charge is 0.354 e. The second-order valence-electron chi connectivity index (χ2n) is 4.68. The van der Waals surface area contributed by atoms with E-state index in [0.29, 0.717) is 5.82 Å². The lowest BCUT2D eigenvalue weighted by Crippen LogP contribution is -2.02. The van der Waals surface area contributed by atoms with Gasteiger partial charge in [0.1, 0.15) is 5.82 Å². The third kappa shape index (κ3) is 2.42. The summed E-state index contributed by atoms with van der Waals surface area (Å²) < 4.78 is 0. The van der Waals surface area contributed by atoms with Crippen molar-refractivity contribution in [3.8, 4) is 0 Å².